The molecular weight excluding hydrogens is 252 g/mol. The van der Waals surface area contributed by atoms with E-state index >= 15 is 0 Å². The minimum absolute atomic E-state index is 0.129. The van der Waals surface area contributed by atoms with Crippen LogP contribution in [0.25, 0.3) is 0 Å². The first-order chi connectivity index (χ1) is 9.76. The number of nitrogens with one attached hydrogen (secondary N) is 1. The van der Waals surface area contributed by atoms with Gasteiger partial charge in [0.1, 0.15) is 0 Å². The fourth-order valence-corrected chi connectivity index (χ4v) is 2.37. The van der Waals surface area contributed by atoms with Crippen molar-refractivity contribution in [1.82, 2.24) is 4.90 Å². The van der Waals surface area contributed by atoms with Crippen molar-refractivity contribution in [2.45, 2.75) is 13.1 Å². The zero-order chi connectivity index (χ0) is 13.9. The lowest BCUT2D eigenvalue weighted by Gasteiger charge is -2.07. The van der Waals surface area contributed by atoms with Crippen molar-refractivity contribution >= 4 is 18.0 Å². The second-order valence-corrected chi connectivity index (χ2v) is 4.81. The Morgan fingerprint density at radius 3 is 2.55 bits per heavy atom. The molecule has 0 bridgehead atoms. The molecule has 0 aliphatic carbocycles. The van der Waals surface area contributed by atoms with Gasteiger partial charge in [0.2, 0.25) is 6.41 Å². The first-order valence-electron chi connectivity index (χ1n) is 6.44. The number of fused-ring (bicyclic) bond motifs is 1. The number of hydrogen-bond donors (Lipinski definition) is 1. The van der Waals surface area contributed by atoms with Crippen molar-refractivity contribution in [3.05, 3.63) is 65.2 Å². The van der Waals surface area contributed by atoms with Gasteiger partial charge in [-0.2, -0.15) is 0 Å². The minimum Gasteiger partial charge on any atom is -0.337 e. The monoisotopic (exact) mass is 266 g/mol. The van der Waals surface area contributed by atoms with Gasteiger partial charge < -0.3 is 10.2 Å². The Kier molecular flexibility index (Phi) is 3.21. The van der Waals surface area contributed by atoms with Crippen molar-refractivity contribution < 1.29 is 9.59 Å². The summed E-state index contributed by atoms with van der Waals surface area (Å²) < 4.78 is 0. The third-order valence-electron chi connectivity index (χ3n) is 3.40. The molecule has 0 radical (unpaired) electrons. The molecule has 3 rings (SSSR count). The Morgan fingerprint density at radius 2 is 1.80 bits per heavy atom. The van der Waals surface area contributed by atoms with E-state index in [1.807, 2.05) is 36.4 Å². The average Bonchev–Trinajstić information content (AvgIpc) is 2.90. The molecule has 1 N–H and O–H groups in total. The Hall–Kier alpha value is -2.62. The predicted octanol–water partition coefficient (Wildman–Crippen LogP) is 2.41. The van der Waals surface area contributed by atoms with E-state index in [0.29, 0.717) is 18.7 Å². The molecule has 0 aromatic heterocycles. The molecule has 2 amide bonds. The van der Waals surface area contributed by atoms with Gasteiger partial charge in [-0.15, -0.1) is 0 Å². The van der Waals surface area contributed by atoms with Crippen LogP contribution in [0.15, 0.2) is 48.5 Å². The highest BCUT2D eigenvalue weighted by Gasteiger charge is 2.17. The molecule has 1 heterocycles. The van der Waals surface area contributed by atoms with Gasteiger partial charge >= 0.3 is 0 Å². The van der Waals surface area contributed by atoms with Crippen LogP contribution in [-0.2, 0) is 17.9 Å². The molecule has 0 unspecified atom stereocenters. The number of nitrogens with zero attached hydrogens (tertiary/aromatic N) is 1. The molecular formula is C16H14N2O2. The maximum absolute atomic E-state index is 12.1. The quantitative estimate of drug-likeness (QED) is 0.867. The van der Waals surface area contributed by atoms with Gasteiger partial charge in [-0.05, 0) is 35.4 Å². The number of anilines is 1. The Bertz CT molecular complexity index is 653. The van der Waals surface area contributed by atoms with Gasteiger partial charge in [-0.25, -0.2) is 0 Å². The van der Waals surface area contributed by atoms with Crippen molar-refractivity contribution in [3.63, 3.8) is 0 Å². The fraction of sp³-hybridized carbons (Fsp3) is 0.125. The fourth-order valence-electron chi connectivity index (χ4n) is 2.37. The van der Waals surface area contributed by atoms with Crippen LogP contribution in [-0.4, -0.2) is 17.2 Å². The summed E-state index contributed by atoms with van der Waals surface area (Å²) in [5, 5.41) is 2.87. The molecule has 4 heteroatoms. The summed E-state index contributed by atoms with van der Waals surface area (Å²) >= 11 is 0. The van der Waals surface area contributed by atoms with Crippen molar-refractivity contribution in [1.29, 1.82) is 0 Å². The maximum Gasteiger partial charge on any atom is 0.255 e. The number of benzene rings is 2. The molecule has 100 valence electrons. The average molecular weight is 266 g/mol. The lowest BCUT2D eigenvalue weighted by Crippen LogP contribution is -2.12. The van der Waals surface area contributed by atoms with Gasteiger partial charge in [-0.1, -0.05) is 24.3 Å². The second kappa shape index (κ2) is 5.17. The minimum atomic E-state index is -0.129. The van der Waals surface area contributed by atoms with E-state index in [0.717, 1.165) is 23.2 Å². The molecule has 4 nitrogen and oxygen atoms in total. The van der Waals surface area contributed by atoms with Gasteiger partial charge in [0.15, 0.2) is 0 Å². The number of hydrogen-bond acceptors (Lipinski definition) is 2. The second-order valence-electron chi connectivity index (χ2n) is 4.81. The van der Waals surface area contributed by atoms with E-state index < -0.39 is 0 Å². The number of amides is 2. The molecule has 0 spiro atoms. The van der Waals surface area contributed by atoms with Crippen molar-refractivity contribution in [2.75, 3.05) is 5.32 Å². The van der Waals surface area contributed by atoms with Crippen LogP contribution >= 0.6 is 0 Å². The van der Waals surface area contributed by atoms with Crippen LogP contribution in [0.5, 0.6) is 0 Å². The van der Waals surface area contributed by atoms with Gasteiger partial charge in [0, 0.05) is 24.3 Å². The number of carbonyl (C=O) groups is 2. The van der Waals surface area contributed by atoms with Crippen LogP contribution in [0, 0.1) is 0 Å². The third-order valence-corrected chi connectivity index (χ3v) is 3.40. The molecule has 0 atom stereocenters. The summed E-state index contributed by atoms with van der Waals surface area (Å²) in [5.41, 5.74) is 3.60. The summed E-state index contributed by atoms with van der Waals surface area (Å²) in [5.74, 6) is -0.129. The maximum atomic E-state index is 12.1. The topological polar surface area (TPSA) is 49.4 Å². The molecule has 0 saturated heterocycles. The van der Waals surface area contributed by atoms with Gasteiger partial charge in [-0.3, -0.25) is 9.59 Å². The van der Waals surface area contributed by atoms with Crippen molar-refractivity contribution in [3.8, 4) is 0 Å². The van der Waals surface area contributed by atoms with Crippen molar-refractivity contribution in [2.24, 2.45) is 0 Å². The standard InChI is InChI=1S/C16H14N2O2/c19-11-18-9-13-6-7-15(8-14(13)10-18)17-16(20)12-4-2-1-3-5-12/h1-8,11H,9-10H2,(H,17,20). The Labute approximate surface area is 117 Å². The van der Waals surface area contributed by atoms with E-state index in [9.17, 15) is 9.59 Å². The summed E-state index contributed by atoms with van der Waals surface area (Å²) in [4.78, 5) is 24.5. The zero-order valence-electron chi connectivity index (χ0n) is 10.9. The number of rotatable bonds is 3. The molecule has 0 fully saturated rings. The van der Waals surface area contributed by atoms with Gasteiger partial charge in [0.25, 0.3) is 5.91 Å². The zero-order valence-corrected chi connectivity index (χ0v) is 10.9. The van der Waals surface area contributed by atoms with E-state index in [4.69, 9.17) is 0 Å². The Balaban J connectivity index is 1.77. The normalized spacial score (nSPS) is 12.9. The van der Waals surface area contributed by atoms with Crippen LogP contribution in [0.2, 0.25) is 0 Å². The summed E-state index contributed by atoms with van der Waals surface area (Å²) in [6.07, 6.45) is 0.849. The van der Waals surface area contributed by atoms with Gasteiger partial charge in [0.05, 0.1) is 0 Å². The largest absolute Gasteiger partial charge is 0.337 e. The predicted molar refractivity (Wildman–Crippen MR) is 76.1 cm³/mol. The lowest BCUT2D eigenvalue weighted by molar-refractivity contribution is -0.118. The highest BCUT2D eigenvalue weighted by Crippen LogP contribution is 2.24. The third kappa shape index (κ3) is 2.40. The molecule has 1 aliphatic heterocycles. The molecule has 0 saturated carbocycles. The first kappa shape index (κ1) is 12.4. The van der Waals surface area contributed by atoms with Crippen LogP contribution in [0.4, 0.5) is 5.69 Å². The lowest BCUT2D eigenvalue weighted by atomic mass is 10.1. The van der Waals surface area contributed by atoms with E-state index in [1.165, 1.54) is 0 Å². The smallest absolute Gasteiger partial charge is 0.255 e. The van der Waals surface area contributed by atoms with E-state index in [2.05, 4.69) is 5.32 Å². The highest BCUT2D eigenvalue weighted by molar-refractivity contribution is 6.04. The molecule has 2 aromatic carbocycles. The summed E-state index contributed by atoms with van der Waals surface area (Å²) in [7, 11) is 0. The summed E-state index contributed by atoms with van der Waals surface area (Å²) in [6.45, 7) is 1.25. The van der Waals surface area contributed by atoms with E-state index in [-0.39, 0.29) is 5.91 Å². The SMILES string of the molecule is O=CN1Cc2ccc(NC(=O)c3ccccc3)cc2C1. The van der Waals surface area contributed by atoms with Crippen LogP contribution in [0.3, 0.4) is 0 Å². The van der Waals surface area contributed by atoms with Crippen LogP contribution < -0.4 is 5.32 Å². The first-order valence-corrected chi connectivity index (χ1v) is 6.44. The summed E-state index contributed by atoms with van der Waals surface area (Å²) in [6, 6.07) is 14.8. The molecule has 2 aromatic rings. The van der Waals surface area contributed by atoms with E-state index in [1.54, 1.807) is 17.0 Å². The molecule has 20 heavy (non-hydrogen) atoms. The number of carbonyl (C=O) groups excluding carboxylic acids is 2. The highest BCUT2D eigenvalue weighted by atomic mass is 16.1. The molecule has 1 aliphatic rings. The Morgan fingerprint density at radius 1 is 1.05 bits per heavy atom. The van der Waals surface area contributed by atoms with Crippen LogP contribution in [0.1, 0.15) is 21.5 Å².